The van der Waals surface area contributed by atoms with E-state index in [1.54, 1.807) is 13.2 Å². The Labute approximate surface area is 177 Å². The zero-order valence-electron chi connectivity index (χ0n) is 16.3. The normalized spacial score (nSPS) is 25.2. The minimum absolute atomic E-state index is 0.0135. The van der Waals surface area contributed by atoms with Crippen molar-refractivity contribution in [3.05, 3.63) is 59.2 Å². The van der Waals surface area contributed by atoms with Crippen LogP contribution in [0.25, 0.3) is 0 Å². The Morgan fingerprint density at radius 2 is 2.27 bits per heavy atom. The Morgan fingerprint density at radius 1 is 1.43 bits per heavy atom. The average molecular weight is 425 g/mol. The number of carbonyl (C=O) groups is 1. The molecule has 1 saturated carbocycles. The van der Waals surface area contributed by atoms with Gasteiger partial charge < -0.3 is 15.8 Å². The Morgan fingerprint density at radius 3 is 2.97 bits per heavy atom. The number of nitriles is 1. The van der Waals surface area contributed by atoms with Gasteiger partial charge in [-0.05, 0) is 43.2 Å². The summed E-state index contributed by atoms with van der Waals surface area (Å²) >= 11 is 1.45. The lowest BCUT2D eigenvalue weighted by atomic mass is 9.80. The molecule has 2 aromatic rings. The number of hydrogen-bond acceptors (Lipinski definition) is 7. The summed E-state index contributed by atoms with van der Waals surface area (Å²) in [5.41, 5.74) is 6.56. The highest BCUT2D eigenvalue weighted by Gasteiger charge is 2.53. The van der Waals surface area contributed by atoms with Crippen molar-refractivity contribution in [1.82, 2.24) is 4.98 Å². The summed E-state index contributed by atoms with van der Waals surface area (Å²) in [7, 11) is 1.66. The number of nitrogens with two attached hydrogens (primary N) is 1. The molecule has 1 aromatic carbocycles. The van der Waals surface area contributed by atoms with E-state index < -0.39 is 17.3 Å². The van der Waals surface area contributed by atoms with E-state index in [4.69, 9.17) is 15.7 Å². The Hall–Kier alpha value is -2.96. The van der Waals surface area contributed by atoms with E-state index in [0.29, 0.717) is 34.2 Å². The molecule has 1 aliphatic carbocycles. The van der Waals surface area contributed by atoms with E-state index in [0.717, 1.165) is 6.42 Å². The smallest absolute Gasteiger partial charge is 0.274 e. The number of fused-ring (bicyclic) bond motifs is 1. The van der Waals surface area contributed by atoms with Crippen molar-refractivity contribution in [2.75, 3.05) is 18.2 Å². The molecule has 2 aliphatic rings. The zero-order valence-corrected chi connectivity index (χ0v) is 17.1. The van der Waals surface area contributed by atoms with Gasteiger partial charge in [0.05, 0.1) is 17.2 Å². The number of ether oxygens (including phenoxy) is 1. The molecule has 2 heterocycles. The number of benzene rings is 1. The van der Waals surface area contributed by atoms with E-state index >= 15 is 0 Å². The second-order valence-corrected chi connectivity index (χ2v) is 8.34. The van der Waals surface area contributed by atoms with Gasteiger partial charge in [0, 0.05) is 36.2 Å². The molecule has 0 unspecified atom stereocenters. The van der Waals surface area contributed by atoms with Crippen LogP contribution in [0.2, 0.25) is 0 Å². The van der Waals surface area contributed by atoms with Crippen molar-refractivity contribution in [2.45, 2.75) is 24.5 Å². The van der Waals surface area contributed by atoms with E-state index in [2.05, 4.69) is 15.3 Å². The number of rotatable bonds is 4. The lowest BCUT2D eigenvalue weighted by molar-refractivity contribution is 0.0645. The molecule has 0 radical (unpaired) electrons. The van der Waals surface area contributed by atoms with Crippen molar-refractivity contribution in [2.24, 2.45) is 16.6 Å². The summed E-state index contributed by atoms with van der Waals surface area (Å²) in [4.78, 5) is 21.2. The van der Waals surface area contributed by atoms with E-state index in [1.807, 2.05) is 6.07 Å². The highest BCUT2D eigenvalue weighted by atomic mass is 32.2. The van der Waals surface area contributed by atoms with Crippen LogP contribution in [0.1, 0.15) is 34.5 Å². The summed E-state index contributed by atoms with van der Waals surface area (Å²) in [6.45, 7) is 0. The summed E-state index contributed by atoms with van der Waals surface area (Å²) in [6, 6.07) is 9.39. The van der Waals surface area contributed by atoms with Crippen molar-refractivity contribution < 1.29 is 13.9 Å². The van der Waals surface area contributed by atoms with Gasteiger partial charge in [-0.1, -0.05) is 11.8 Å². The van der Waals surface area contributed by atoms with Crippen LogP contribution in [0.3, 0.4) is 0 Å². The summed E-state index contributed by atoms with van der Waals surface area (Å²) in [6.07, 6.45) is 2.66. The number of nitrogens with one attached hydrogen (secondary N) is 1. The van der Waals surface area contributed by atoms with Gasteiger partial charge in [-0.15, -0.1) is 0 Å². The van der Waals surface area contributed by atoms with Gasteiger partial charge in [0.25, 0.3) is 5.91 Å². The number of pyridine rings is 1. The number of anilines is 1. The summed E-state index contributed by atoms with van der Waals surface area (Å²) < 4.78 is 20.6. The number of carbonyl (C=O) groups excluding carboxylic acids is 1. The Bertz CT molecular complexity index is 1050. The first-order chi connectivity index (χ1) is 14.5. The molecule has 30 heavy (non-hydrogen) atoms. The van der Waals surface area contributed by atoms with Gasteiger partial charge in [0.2, 0.25) is 0 Å². The van der Waals surface area contributed by atoms with E-state index in [1.165, 1.54) is 42.2 Å². The number of hydrogen-bond donors (Lipinski definition) is 2. The van der Waals surface area contributed by atoms with Gasteiger partial charge in [0.1, 0.15) is 17.6 Å². The standard InChI is InChI=1S/C21H20FN5O2S/c1-29-18-6-7-21(15(18)11-30-20(24)27-21)14-8-13(3-4-16(14)22)26-19(28)17-5-2-12(9-23)10-25-17/h2-5,8,10,15,18H,6-7,11H2,1H3,(H2,24,27)(H,26,28)/t15-,18-,21-/m1/s1. The summed E-state index contributed by atoms with van der Waals surface area (Å²) in [5, 5.41) is 12.0. The molecule has 4 rings (SSSR count). The molecular formula is C21H20FN5O2S. The fourth-order valence-corrected chi connectivity index (χ4v) is 5.31. The Kier molecular flexibility index (Phi) is 5.45. The maximum atomic E-state index is 15.0. The molecule has 154 valence electrons. The molecule has 3 N–H and O–H groups in total. The number of methoxy groups -OCH3 is 1. The van der Waals surface area contributed by atoms with Crippen LogP contribution in [0.4, 0.5) is 10.1 Å². The van der Waals surface area contributed by atoms with Crippen LogP contribution in [0.15, 0.2) is 41.5 Å². The minimum atomic E-state index is -0.812. The second-order valence-electron chi connectivity index (χ2n) is 7.30. The molecule has 0 spiro atoms. The van der Waals surface area contributed by atoms with Crippen LogP contribution < -0.4 is 11.1 Å². The third kappa shape index (κ3) is 3.53. The monoisotopic (exact) mass is 425 g/mol. The van der Waals surface area contributed by atoms with Gasteiger partial charge in [-0.25, -0.2) is 9.37 Å². The van der Waals surface area contributed by atoms with Crippen LogP contribution >= 0.6 is 11.8 Å². The number of amidine groups is 1. The maximum Gasteiger partial charge on any atom is 0.274 e. The number of halogens is 1. The highest BCUT2D eigenvalue weighted by Crippen LogP contribution is 2.52. The van der Waals surface area contributed by atoms with E-state index in [9.17, 15) is 9.18 Å². The number of aromatic nitrogens is 1. The molecule has 7 nitrogen and oxygen atoms in total. The van der Waals surface area contributed by atoms with Gasteiger partial charge in [-0.3, -0.25) is 9.79 Å². The first kappa shape index (κ1) is 20.3. The summed E-state index contributed by atoms with van der Waals surface area (Å²) in [5.74, 6) is -0.163. The van der Waals surface area contributed by atoms with Gasteiger partial charge in [-0.2, -0.15) is 5.26 Å². The quantitative estimate of drug-likeness (QED) is 0.778. The molecule has 9 heteroatoms. The molecule has 1 fully saturated rings. The molecular weight excluding hydrogens is 405 g/mol. The lowest BCUT2D eigenvalue weighted by Gasteiger charge is -2.37. The topological polar surface area (TPSA) is 113 Å². The molecule has 0 bridgehead atoms. The number of thioether (sulfide) groups is 1. The van der Waals surface area contributed by atoms with E-state index in [-0.39, 0.29) is 17.7 Å². The molecule has 1 aliphatic heterocycles. The van der Waals surface area contributed by atoms with Crippen molar-refractivity contribution >= 4 is 28.5 Å². The average Bonchev–Trinajstić information content (AvgIpc) is 3.13. The fraction of sp³-hybridized carbons (Fsp3) is 0.333. The number of amides is 1. The van der Waals surface area contributed by atoms with Crippen LogP contribution in [-0.4, -0.2) is 35.0 Å². The zero-order chi connectivity index (χ0) is 21.3. The molecule has 1 aromatic heterocycles. The van der Waals surface area contributed by atoms with Gasteiger partial charge >= 0.3 is 0 Å². The van der Waals surface area contributed by atoms with Crippen molar-refractivity contribution in [3.63, 3.8) is 0 Å². The van der Waals surface area contributed by atoms with Crippen LogP contribution in [-0.2, 0) is 10.3 Å². The van der Waals surface area contributed by atoms with Crippen LogP contribution in [0, 0.1) is 23.1 Å². The van der Waals surface area contributed by atoms with Gasteiger partial charge in [0.15, 0.2) is 5.17 Å². The van der Waals surface area contributed by atoms with Crippen molar-refractivity contribution in [1.29, 1.82) is 5.26 Å². The first-order valence-corrected chi connectivity index (χ1v) is 10.4. The second kappa shape index (κ2) is 8.05. The number of aliphatic imine (C=N–C) groups is 1. The predicted octanol–water partition coefficient (Wildman–Crippen LogP) is 3.03. The lowest BCUT2D eigenvalue weighted by Crippen LogP contribution is -2.41. The van der Waals surface area contributed by atoms with Crippen LogP contribution in [0.5, 0.6) is 0 Å². The maximum absolute atomic E-state index is 15.0. The SMILES string of the molecule is CO[C@@H]1CC[C@]2(c3cc(NC(=O)c4ccc(C#N)cn4)ccc3F)N=C(N)SC[C@H]12. The molecule has 3 atom stereocenters. The largest absolute Gasteiger partial charge is 0.381 e. The molecule has 1 amide bonds. The molecule has 0 saturated heterocycles. The Balaban J connectivity index is 1.67. The first-order valence-electron chi connectivity index (χ1n) is 9.45. The fourth-order valence-electron chi connectivity index (χ4n) is 4.25. The number of nitrogens with zero attached hydrogens (tertiary/aromatic N) is 3. The minimum Gasteiger partial charge on any atom is -0.381 e. The third-order valence-corrected chi connectivity index (χ3v) is 6.62. The van der Waals surface area contributed by atoms with Crippen molar-refractivity contribution in [3.8, 4) is 6.07 Å². The highest BCUT2D eigenvalue weighted by molar-refractivity contribution is 8.13. The predicted molar refractivity (Wildman–Crippen MR) is 113 cm³/mol. The third-order valence-electron chi connectivity index (χ3n) is 5.71.